The number of benzene rings is 2. The summed E-state index contributed by atoms with van der Waals surface area (Å²) in [7, 11) is 1.52. The fraction of sp³-hybridized carbons (Fsp3) is 0.273. The van der Waals surface area contributed by atoms with Gasteiger partial charge in [-0.25, -0.2) is 0 Å². The molecule has 1 N–H and O–H groups in total. The van der Waals surface area contributed by atoms with Gasteiger partial charge in [0.05, 0.1) is 24.8 Å². The van der Waals surface area contributed by atoms with Crippen LogP contribution in [0, 0.1) is 0 Å². The van der Waals surface area contributed by atoms with Crippen LogP contribution in [0.25, 0.3) is 5.76 Å². The van der Waals surface area contributed by atoms with Gasteiger partial charge in [0.15, 0.2) is 0 Å². The number of methoxy groups -OCH3 is 1. The van der Waals surface area contributed by atoms with Gasteiger partial charge >= 0.3 is 0 Å². The summed E-state index contributed by atoms with van der Waals surface area (Å²) < 4.78 is 10.5. The van der Waals surface area contributed by atoms with E-state index in [4.69, 9.17) is 21.1 Å². The van der Waals surface area contributed by atoms with Gasteiger partial charge in [-0.1, -0.05) is 23.7 Å². The predicted octanol–water partition coefficient (Wildman–Crippen LogP) is 3.81. The Morgan fingerprint density at radius 1 is 1.10 bits per heavy atom. The monoisotopic (exact) mass is 415 g/mol. The van der Waals surface area contributed by atoms with Crippen LogP contribution >= 0.6 is 11.6 Å². The largest absolute Gasteiger partial charge is 0.507 e. The number of hydrogen-bond acceptors (Lipinski definition) is 5. The molecule has 2 aromatic rings. The summed E-state index contributed by atoms with van der Waals surface area (Å²) in [6, 6.07) is 12.8. The van der Waals surface area contributed by atoms with E-state index in [1.165, 1.54) is 12.0 Å². The summed E-state index contributed by atoms with van der Waals surface area (Å²) in [6.07, 6.45) is 0. The first kappa shape index (κ1) is 20.9. The zero-order chi connectivity index (χ0) is 21.0. The number of likely N-dealkylation sites (tertiary alicyclic amines) is 1. The average Bonchev–Trinajstić information content (AvgIpc) is 2.98. The number of carbonyl (C=O) groups is 2. The lowest BCUT2D eigenvalue weighted by atomic mass is 9.95. The highest BCUT2D eigenvalue weighted by Gasteiger charge is 2.45. The van der Waals surface area contributed by atoms with Crippen molar-refractivity contribution in [1.29, 1.82) is 0 Å². The maximum Gasteiger partial charge on any atom is 0.295 e. The molecular weight excluding hydrogens is 394 g/mol. The highest BCUT2D eigenvalue weighted by atomic mass is 35.5. The lowest BCUT2D eigenvalue weighted by Gasteiger charge is -2.25. The molecule has 1 atom stereocenters. The number of ether oxygens (including phenoxy) is 2. The number of amides is 1. The highest BCUT2D eigenvalue weighted by molar-refractivity contribution is 6.46. The molecule has 0 saturated carbocycles. The fourth-order valence-electron chi connectivity index (χ4n) is 3.32. The Bertz CT molecular complexity index is 921. The van der Waals surface area contributed by atoms with Gasteiger partial charge in [0.1, 0.15) is 11.5 Å². The normalized spacial score (nSPS) is 18.3. The van der Waals surface area contributed by atoms with E-state index in [1.54, 1.807) is 48.5 Å². The van der Waals surface area contributed by atoms with Gasteiger partial charge in [-0.3, -0.25) is 9.59 Å². The second-order valence-electron chi connectivity index (χ2n) is 6.49. The van der Waals surface area contributed by atoms with Crippen LogP contribution in [0.3, 0.4) is 0 Å². The number of ketones is 1. The zero-order valence-corrected chi connectivity index (χ0v) is 17.0. The van der Waals surface area contributed by atoms with Gasteiger partial charge in [0, 0.05) is 24.2 Å². The molecule has 0 aromatic heterocycles. The molecule has 152 valence electrons. The van der Waals surface area contributed by atoms with E-state index in [9.17, 15) is 14.7 Å². The minimum atomic E-state index is -0.729. The lowest BCUT2D eigenvalue weighted by Crippen LogP contribution is -2.32. The van der Waals surface area contributed by atoms with Crippen LogP contribution < -0.4 is 4.74 Å². The average molecular weight is 416 g/mol. The molecular formula is C22H22ClNO5. The Kier molecular flexibility index (Phi) is 6.56. The summed E-state index contributed by atoms with van der Waals surface area (Å²) in [5, 5.41) is 11.5. The van der Waals surface area contributed by atoms with Crippen molar-refractivity contribution >= 4 is 29.1 Å². The first-order valence-electron chi connectivity index (χ1n) is 9.24. The third-order valence-corrected chi connectivity index (χ3v) is 4.95. The van der Waals surface area contributed by atoms with E-state index < -0.39 is 17.7 Å². The first-order chi connectivity index (χ1) is 14.0. The van der Waals surface area contributed by atoms with Gasteiger partial charge < -0.3 is 19.5 Å². The van der Waals surface area contributed by atoms with Gasteiger partial charge in [0.25, 0.3) is 11.7 Å². The second kappa shape index (κ2) is 9.11. The Balaban J connectivity index is 2.09. The van der Waals surface area contributed by atoms with Crippen molar-refractivity contribution in [2.75, 3.05) is 26.9 Å². The predicted molar refractivity (Wildman–Crippen MR) is 110 cm³/mol. The van der Waals surface area contributed by atoms with E-state index in [1.807, 2.05) is 6.92 Å². The number of carbonyl (C=O) groups excluding carboxylic acids is 2. The molecule has 2 aromatic carbocycles. The van der Waals surface area contributed by atoms with Crippen LogP contribution in [-0.2, 0) is 14.3 Å². The fourth-order valence-corrected chi connectivity index (χ4v) is 3.45. The molecule has 1 heterocycles. The molecule has 3 rings (SSSR count). The quantitative estimate of drug-likeness (QED) is 0.423. The number of rotatable bonds is 7. The number of halogens is 1. The number of hydrogen-bond donors (Lipinski definition) is 1. The summed E-state index contributed by atoms with van der Waals surface area (Å²) in [6.45, 7) is 2.88. The van der Waals surface area contributed by atoms with E-state index in [-0.39, 0.29) is 24.5 Å². The molecule has 6 nitrogen and oxygen atoms in total. The number of nitrogens with zero attached hydrogens (tertiary/aromatic N) is 1. The number of aliphatic hydroxyl groups is 1. The molecule has 1 unspecified atom stereocenters. The summed E-state index contributed by atoms with van der Waals surface area (Å²) in [5.74, 6) is -0.980. The number of aliphatic hydroxyl groups excluding tert-OH is 1. The van der Waals surface area contributed by atoms with Crippen LogP contribution in [0.5, 0.6) is 5.75 Å². The SMILES string of the molecule is CCOc1ccc(C(O)=C2C(=O)C(=O)N(CCOC)C2c2ccc(Cl)cc2)cc1. The Morgan fingerprint density at radius 3 is 2.34 bits per heavy atom. The minimum Gasteiger partial charge on any atom is -0.507 e. The molecule has 0 bridgehead atoms. The maximum absolute atomic E-state index is 12.8. The van der Waals surface area contributed by atoms with Crippen LogP contribution in [-0.4, -0.2) is 48.6 Å². The molecule has 7 heteroatoms. The Morgan fingerprint density at radius 2 is 1.76 bits per heavy atom. The highest BCUT2D eigenvalue weighted by Crippen LogP contribution is 2.39. The third kappa shape index (κ3) is 4.28. The van der Waals surface area contributed by atoms with Crippen LogP contribution in [0.2, 0.25) is 5.02 Å². The summed E-state index contributed by atoms with van der Waals surface area (Å²) in [4.78, 5) is 26.9. The summed E-state index contributed by atoms with van der Waals surface area (Å²) in [5.41, 5.74) is 1.15. The molecule has 0 radical (unpaired) electrons. The van der Waals surface area contributed by atoms with Crippen molar-refractivity contribution in [3.05, 3.63) is 70.3 Å². The molecule has 1 amide bonds. The van der Waals surface area contributed by atoms with Crippen molar-refractivity contribution in [1.82, 2.24) is 4.90 Å². The van der Waals surface area contributed by atoms with E-state index >= 15 is 0 Å². The molecule has 1 saturated heterocycles. The molecule has 0 aliphatic carbocycles. The standard InChI is InChI=1S/C22H22ClNO5/c1-3-29-17-10-6-15(7-11-17)20(25)18-19(14-4-8-16(23)9-5-14)24(12-13-28-2)22(27)21(18)26/h4-11,19,25H,3,12-13H2,1-2H3. The van der Waals surface area contributed by atoms with Crippen molar-refractivity contribution in [3.8, 4) is 5.75 Å². The van der Waals surface area contributed by atoms with E-state index in [0.717, 1.165) is 0 Å². The van der Waals surface area contributed by atoms with Gasteiger partial charge in [0.2, 0.25) is 0 Å². The molecule has 1 fully saturated rings. The van der Waals surface area contributed by atoms with Crippen molar-refractivity contribution in [2.45, 2.75) is 13.0 Å². The molecule has 29 heavy (non-hydrogen) atoms. The Hall–Kier alpha value is -2.83. The molecule has 1 aliphatic rings. The lowest BCUT2D eigenvalue weighted by molar-refractivity contribution is -0.140. The number of Topliss-reactive ketones (excluding diaryl/α,β-unsaturated/α-hetero) is 1. The van der Waals surface area contributed by atoms with Gasteiger partial charge in [-0.15, -0.1) is 0 Å². The van der Waals surface area contributed by atoms with Crippen LogP contribution in [0.4, 0.5) is 0 Å². The van der Waals surface area contributed by atoms with Crippen LogP contribution in [0.15, 0.2) is 54.1 Å². The van der Waals surface area contributed by atoms with Crippen molar-refractivity contribution in [2.24, 2.45) is 0 Å². The Labute approximate surface area is 174 Å². The van der Waals surface area contributed by atoms with Gasteiger partial charge in [-0.2, -0.15) is 0 Å². The molecule has 1 aliphatic heterocycles. The van der Waals surface area contributed by atoms with Crippen LogP contribution in [0.1, 0.15) is 24.1 Å². The second-order valence-corrected chi connectivity index (χ2v) is 6.93. The van der Waals surface area contributed by atoms with E-state index in [2.05, 4.69) is 0 Å². The maximum atomic E-state index is 12.8. The first-order valence-corrected chi connectivity index (χ1v) is 9.61. The van der Waals surface area contributed by atoms with Crippen molar-refractivity contribution < 1.29 is 24.2 Å². The molecule has 0 spiro atoms. The topological polar surface area (TPSA) is 76.1 Å². The summed E-state index contributed by atoms with van der Waals surface area (Å²) >= 11 is 5.99. The third-order valence-electron chi connectivity index (χ3n) is 4.70. The van der Waals surface area contributed by atoms with Gasteiger partial charge in [-0.05, 0) is 48.9 Å². The smallest absolute Gasteiger partial charge is 0.295 e. The minimum absolute atomic E-state index is 0.0394. The van der Waals surface area contributed by atoms with Crippen molar-refractivity contribution in [3.63, 3.8) is 0 Å². The van der Waals surface area contributed by atoms with E-state index in [0.29, 0.717) is 28.5 Å². The zero-order valence-electron chi connectivity index (χ0n) is 16.2.